The van der Waals surface area contributed by atoms with Gasteiger partial charge in [0.2, 0.25) is 5.82 Å². The van der Waals surface area contributed by atoms with Gasteiger partial charge < -0.3 is 10.4 Å². The molecule has 40 heavy (non-hydrogen) atoms. The topological polar surface area (TPSA) is 154 Å². The lowest BCUT2D eigenvalue weighted by Gasteiger charge is -2.21. The van der Waals surface area contributed by atoms with E-state index in [2.05, 4.69) is 40.7 Å². The van der Waals surface area contributed by atoms with Crippen molar-refractivity contribution in [3.05, 3.63) is 75.4 Å². The number of rotatable bonds is 6. The molecule has 2 N–H and O–H groups in total. The van der Waals surface area contributed by atoms with Crippen LogP contribution in [-0.4, -0.2) is 54.2 Å². The van der Waals surface area contributed by atoms with E-state index in [0.29, 0.717) is 38.3 Å². The van der Waals surface area contributed by atoms with Crippen molar-refractivity contribution >= 4 is 33.8 Å². The Kier molecular flexibility index (Phi) is 5.40. The summed E-state index contributed by atoms with van der Waals surface area (Å²) in [7, 11) is 1.68. The van der Waals surface area contributed by atoms with E-state index in [-0.39, 0.29) is 34.7 Å². The van der Waals surface area contributed by atoms with Gasteiger partial charge in [-0.15, -0.1) is 10.2 Å². The zero-order chi connectivity index (χ0) is 30.6. The fraction of sp³-hybridized carbons (Fsp3) is 0.231. The van der Waals surface area contributed by atoms with Crippen molar-refractivity contribution in [2.45, 2.75) is 26.5 Å². The van der Waals surface area contributed by atoms with Gasteiger partial charge in [0, 0.05) is 29.1 Å². The molecule has 0 aliphatic carbocycles. The third-order valence-corrected chi connectivity index (χ3v) is 6.78. The van der Waals surface area contributed by atoms with Gasteiger partial charge in [0.1, 0.15) is 35.1 Å². The lowest BCUT2D eigenvalue weighted by molar-refractivity contribution is 0.271. The summed E-state index contributed by atoms with van der Waals surface area (Å²) >= 11 is 6.18. The van der Waals surface area contributed by atoms with Crippen molar-refractivity contribution in [1.29, 1.82) is 0 Å². The molecular formula is C26H24ClN11O2. The first-order chi connectivity index (χ1) is 20.5. The van der Waals surface area contributed by atoms with Crippen molar-refractivity contribution in [3.8, 4) is 22.8 Å². The predicted molar refractivity (Wildman–Crippen MR) is 149 cm³/mol. The van der Waals surface area contributed by atoms with Gasteiger partial charge >= 0.3 is 0 Å². The molecule has 0 aliphatic rings. The molecule has 0 saturated heterocycles. The number of hydrogen-bond donors (Lipinski definition) is 2. The average Bonchev–Trinajstić information content (AvgIpc) is 3.65. The fourth-order valence-corrected chi connectivity index (χ4v) is 4.92. The fourth-order valence-electron chi connectivity index (χ4n) is 4.78. The minimum absolute atomic E-state index is 0.0210. The highest BCUT2D eigenvalue weighted by Crippen LogP contribution is 2.33. The first-order valence-corrected chi connectivity index (χ1v) is 12.5. The Hall–Kier alpha value is -4.75. The predicted octanol–water partition coefficient (Wildman–Crippen LogP) is 2.86. The number of nitrogens with one attached hydrogen (secondary N) is 1. The van der Waals surface area contributed by atoms with Crippen LogP contribution in [0, 0.1) is 6.92 Å². The maximum absolute atomic E-state index is 13.7. The smallest absolute Gasteiger partial charge is 0.261 e. The largest absolute Gasteiger partial charge is 0.388 e. The van der Waals surface area contributed by atoms with Gasteiger partial charge in [-0.25, -0.2) is 19.9 Å². The van der Waals surface area contributed by atoms with Crippen molar-refractivity contribution in [2.75, 3.05) is 5.32 Å². The standard InChI is InChI=1S/C26H24ClN11O2/c1-13-7-16(14(2)31-18-5-6-19(27)32-22(18)24-33-35-37(4)34-24)23-17(8-13)26(40)36(3)25-21(30-12-38(23)25)15-9-28-20(11-39)29-10-15/h5-10,12,14,31,39H,11H2,1-4H3/t14-/m0/s1/i4D3. The maximum atomic E-state index is 13.7. The number of benzene rings is 1. The summed E-state index contributed by atoms with van der Waals surface area (Å²) in [5, 5.41) is 24.9. The molecule has 0 fully saturated rings. The molecule has 0 radical (unpaired) electrons. The first-order valence-electron chi connectivity index (χ1n) is 13.6. The average molecular weight is 561 g/mol. The van der Waals surface area contributed by atoms with Crippen molar-refractivity contribution in [2.24, 2.45) is 14.0 Å². The number of nitrogens with zero attached hydrogens (tertiary/aromatic N) is 10. The number of aryl methyl sites for hydroxylation is 3. The second kappa shape index (κ2) is 9.77. The highest BCUT2D eigenvalue weighted by Gasteiger charge is 2.22. The zero-order valence-electron chi connectivity index (χ0n) is 24.5. The quantitative estimate of drug-likeness (QED) is 0.290. The van der Waals surface area contributed by atoms with Gasteiger partial charge in [0.05, 0.1) is 29.6 Å². The van der Waals surface area contributed by atoms with E-state index >= 15 is 0 Å². The number of aliphatic hydroxyl groups is 1. The summed E-state index contributed by atoms with van der Waals surface area (Å²) in [4.78, 5) is 31.5. The van der Waals surface area contributed by atoms with Gasteiger partial charge in [-0.3, -0.25) is 13.8 Å². The third-order valence-electron chi connectivity index (χ3n) is 6.57. The Morgan fingerprint density at radius 3 is 2.70 bits per heavy atom. The highest BCUT2D eigenvalue weighted by molar-refractivity contribution is 6.29. The van der Waals surface area contributed by atoms with Crippen LogP contribution < -0.4 is 10.9 Å². The number of pyridine rings is 1. The molecule has 13 nitrogen and oxygen atoms in total. The van der Waals surface area contributed by atoms with Crippen LogP contribution in [0.1, 0.15) is 34.0 Å². The molecule has 6 rings (SSSR count). The molecule has 0 amide bonds. The number of aromatic nitrogens is 10. The molecule has 6 aromatic rings. The molecular weight excluding hydrogens is 534 g/mol. The van der Waals surface area contributed by atoms with E-state index in [9.17, 15) is 9.90 Å². The van der Waals surface area contributed by atoms with E-state index in [1.807, 2.05) is 30.4 Å². The third kappa shape index (κ3) is 4.25. The van der Waals surface area contributed by atoms with Gasteiger partial charge in [0.25, 0.3) is 5.56 Å². The molecule has 0 spiro atoms. The van der Waals surface area contributed by atoms with E-state index in [1.165, 1.54) is 4.57 Å². The van der Waals surface area contributed by atoms with E-state index in [0.717, 1.165) is 11.1 Å². The van der Waals surface area contributed by atoms with Crippen LogP contribution in [0.3, 0.4) is 0 Å². The summed E-state index contributed by atoms with van der Waals surface area (Å²) in [6.07, 6.45) is 4.76. The minimum atomic E-state index is -2.61. The second-order valence-corrected chi connectivity index (χ2v) is 9.63. The Balaban J connectivity index is 1.50. The number of aliphatic hydroxyl groups excluding tert-OH is 1. The van der Waals surface area contributed by atoms with Crippen molar-refractivity contribution in [3.63, 3.8) is 0 Å². The number of tetrazole rings is 1. The van der Waals surface area contributed by atoms with E-state index < -0.39 is 13.0 Å². The Morgan fingerprint density at radius 2 is 1.98 bits per heavy atom. The van der Waals surface area contributed by atoms with Crippen LogP contribution in [0.15, 0.2) is 47.8 Å². The lowest BCUT2D eigenvalue weighted by Crippen LogP contribution is -2.21. The number of fused-ring (bicyclic) bond motifs is 3. The normalized spacial score (nSPS) is 13.8. The van der Waals surface area contributed by atoms with Crippen LogP contribution >= 0.6 is 11.6 Å². The summed E-state index contributed by atoms with van der Waals surface area (Å²) in [6, 6.07) is 6.68. The zero-order valence-corrected chi connectivity index (χ0v) is 22.3. The number of anilines is 1. The van der Waals surface area contributed by atoms with Gasteiger partial charge in [-0.05, 0) is 48.4 Å². The van der Waals surface area contributed by atoms with Gasteiger partial charge in [0.15, 0.2) is 5.82 Å². The Bertz CT molecular complexity index is 2070. The lowest BCUT2D eigenvalue weighted by atomic mass is 10.0. The van der Waals surface area contributed by atoms with Crippen molar-refractivity contribution in [1.82, 2.24) is 49.1 Å². The number of imidazole rings is 1. The second-order valence-electron chi connectivity index (χ2n) is 9.25. The van der Waals surface area contributed by atoms with Crippen LogP contribution in [0.5, 0.6) is 0 Å². The molecule has 0 unspecified atom stereocenters. The van der Waals surface area contributed by atoms with Crippen LogP contribution in [0.4, 0.5) is 5.69 Å². The van der Waals surface area contributed by atoms with Crippen molar-refractivity contribution < 1.29 is 9.22 Å². The molecule has 14 heteroatoms. The van der Waals surface area contributed by atoms with Crippen LogP contribution in [-0.2, 0) is 20.6 Å². The minimum Gasteiger partial charge on any atom is -0.388 e. The summed E-state index contributed by atoms with van der Waals surface area (Å²) < 4.78 is 26.1. The van der Waals surface area contributed by atoms with Gasteiger partial charge in [-0.1, -0.05) is 17.7 Å². The SMILES string of the molecule is [2H]C([2H])([2H])n1nnc(-c2nc(Cl)ccc2N[C@@H](C)c2cc(C)cc3c(=O)n(C)c4c(-c5cnc(CO)nc5)ncn4c23)n1. The molecule has 0 saturated carbocycles. The van der Waals surface area contributed by atoms with Crippen LogP contribution in [0.25, 0.3) is 39.3 Å². The number of hydrogen-bond acceptors (Lipinski definition) is 10. The Labute approximate surface area is 236 Å². The molecule has 0 aliphatic heterocycles. The molecule has 202 valence electrons. The number of halogens is 1. The van der Waals surface area contributed by atoms with E-state index in [4.69, 9.17) is 15.7 Å². The van der Waals surface area contributed by atoms with Crippen LogP contribution in [0.2, 0.25) is 5.15 Å². The highest BCUT2D eigenvalue weighted by atomic mass is 35.5. The molecule has 1 atom stereocenters. The molecule has 5 heterocycles. The van der Waals surface area contributed by atoms with E-state index in [1.54, 1.807) is 37.9 Å². The maximum Gasteiger partial charge on any atom is 0.261 e. The summed E-state index contributed by atoms with van der Waals surface area (Å²) in [6.45, 7) is 0.923. The summed E-state index contributed by atoms with van der Waals surface area (Å²) in [5.41, 5.74) is 4.40. The Morgan fingerprint density at radius 1 is 1.18 bits per heavy atom. The molecule has 0 bridgehead atoms. The molecule has 1 aromatic carbocycles. The monoisotopic (exact) mass is 560 g/mol. The summed E-state index contributed by atoms with van der Waals surface area (Å²) in [5.74, 6) is 0.254. The van der Waals surface area contributed by atoms with Gasteiger partial charge in [-0.2, -0.15) is 4.80 Å². The first kappa shape index (κ1) is 22.1. The molecule has 5 aromatic heterocycles.